The van der Waals surface area contributed by atoms with Gasteiger partial charge in [0.1, 0.15) is 5.82 Å². The summed E-state index contributed by atoms with van der Waals surface area (Å²) >= 11 is 0. The normalized spacial score (nSPS) is 21.9. The quantitative estimate of drug-likeness (QED) is 0.813. The van der Waals surface area contributed by atoms with E-state index in [1.165, 1.54) is 18.4 Å². The van der Waals surface area contributed by atoms with Gasteiger partial charge in [-0.15, -0.1) is 0 Å². The summed E-state index contributed by atoms with van der Waals surface area (Å²) in [4.78, 5) is 18.2. The zero-order valence-electron chi connectivity index (χ0n) is 15.5. The fraction of sp³-hybridized carbons (Fsp3) is 0.632. The van der Waals surface area contributed by atoms with Crippen molar-refractivity contribution >= 4 is 5.95 Å². The van der Waals surface area contributed by atoms with Gasteiger partial charge >= 0.3 is 0 Å². The fourth-order valence-corrected chi connectivity index (χ4v) is 3.93. The molecule has 140 valence electrons. The molecule has 0 spiro atoms. The predicted octanol–water partition coefficient (Wildman–Crippen LogP) is 1.73. The van der Waals surface area contributed by atoms with Crippen LogP contribution >= 0.6 is 0 Å². The number of rotatable bonds is 5. The van der Waals surface area contributed by atoms with Crippen LogP contribution in [0.25, 0.3) is 0 Å². The Kier molecular flexibility index (Phi) is 5.45. The smallest absolute Gasteiger partial charge is 0.225 e. The van der Waals surface area contributed by atoms with Crippen LogP contribution in [0.15, 0.2) is 24.8 Å². The first-order valence-electron chi connectivity index (χ1n) is 9.61. The Morgan fingerprint density at radius 2 is 1.92 bits per heavy atom. The number of morpholine rings is 1. The molecular weight excluding hydrogens is 328 g/mol. The second kappa shape index (κ2) is 8.14. The predicted molar refractivity (Wildman–Crippen MR) is 100 cm³/mol. The van der Waals surface area contributed by atoms with E-state index in [0.29, 0.717) is 5.92 Å². The van der Waals surface area contributed by atoms with E-state index in [2.05, 4.69) is 42.4 Å². The molecule has 2 aliphatic heterocycles. The maximum Gasteiger partial charge on any atom is 0.225 e. The van der Waals surface area contributed by atoms with Gasteiger partial charge in [0.25, 0.3) is 0 Å². The molecule has 1 atom stereocenters. The first kappa shape index (κ1) is 17.4. The van der Waals surface area contributed by atoms with Crippen LogP contribution in [-0.4, -0.2) is 63.8 Å². The van der Waals surface area contributed by atoms with E-state index in [1.807, 2.05) is 18.6 Å². The average molecular weight is 356 g/mol. The van der Waals surface area contributed by atoms with Crippen LogP contribution in [0.4, 0.5) is 5.95 Å². The van der Waals surface area contributed by atoms with Crippen LogP contribution in [0.2, 0.25) is 0 Å². The molecule has 26 heavy (non-hydrogen) atoms. The van der Waals surface area contributed by atoms with E-state index in [9.17, 15) is 0 Å². The van der Waals surface area contributed by atoms with Gasteiger partial charge in [-0.25, -0.2) is 15.0 Å². The Labute approximate surface area is 155 Å². The highest BCUT2D eigenvalue weighted by Crippen LogP contribution is 2.21. The van der Waals surface area contributed by atoms with Gasteiger partial charge in [-0.2, -0.15) is 0 Å². The lowest BCUT2D eigenvalue weighted by Gasteiger charge is -2.33. The zero-order chi connectivity index (χ0) is 17.8. The zero-order valence-corrected chi connectivity index (χ0v) is 15.5. The second-order valence-corrected chi connectivity index (χ2v) is 7.36. The molecule has 4 rings (SSSR count). The van der Waals surface area contributed by atoms with E-state index >= 15 is 0 Å². The van der Waals surface area contributed by atoms with Crippen molar-refractivity contribution in [3.63, 3.8) is 0 Å². The van der Waals surface area contributed by atoms with Crippen molar-refractivity contribution in [3.05, 3.63) is 36.2 Å². The highest BCUT2D eigenvalue weighted by molar-refractivity contribution is 5.30. The Bertz CT molecular complexity index is 694. The number of anilines is 1. The van der Waals surface area contributed by atoms with Crippen LogP contribution in [0.1, 0.15) is 24.2 Å². The molecule has 0 bridgehead atoms. The topological polar surface area (TPSA) is 59.3 Å². The van der Waals surface area contributed by atoms with E-state index in [0.717, 1.165) is 64.3 Å². The van der Waals surface area contributed by atoms with Crippen LogP contribution in [0.3, 0.4) is 0 Å². The molecular formula is C19H28N6O. The summed E-state index contributed by atoms with van der Waals surface area (Å²) in [6.07, 6.45) is 10.5. The van der Waals surface area contributed by atoms with Crippen LogP contribution in [0.5, 0.6) is 0 Å². The third kappa shape index (κ3) is 4.22. The molecule has 7 heteroatoms. The van der Waals surface area contributed by atoms with Gasteiger partial charge in [0.15, 0.2) is 0 Å². The molecule has 0 saturated carbocycles. The molecule has 0 aliphatic carbocycles. The molecule has 2 aromatic heterocycles. The number of imidazole rings is 1. The van der Waals surface area contributed by atoms with Crippen molar-refractivity contribution in [2.24, 2.45) is 5.92 Å². The molecule has 0 amide bonds. The maximum atomic E-state index is 5.39. The van der Waals surface area contributed by atoms with E-state index < -0.39 is 0 Å². The Morgan fingerprint density at radius 3 is 2.65 bits per heavy atom. The largest absolute Gasteiger partial charge is 0.378 e. The number of hydrogen-bond donors (Lipinski definition) is 0. The molecule has 4 heterocycles. The van der Waals surface area contributed by atoms with E-state index in [-0.39, 0.29) is 0 Å². The molecule has 2 saturated heterocycles. The molecule has 7 nitrogen and oxygen atoms in total. The van der Waals surface area contributed by atoms with Crippen molar-refractivity contribution < 1.29 is 4.74 Å². The van der Waals surface area contributed by atoms with Gasteiger partial charge in [-0.05, 0) is 32.2 Å². The summed E-state index contributed by atoms with van der Waals surface area (Å²) in [6.45, 7) is 9.63. The number of piperidine rings is 1. The van der Waals surface area contributed by atoms with Gasteiger partial charge in [0.2, 0.25) is 5.95 Å². The molecule has 0 N–H and O–H groups in total. The van der Waals surface area contributed by atoms with Gasteiger partial charge < -0.3 is 14.2 Å². The lowest BCUT2D eigenvalue weighted by molar-refractivity contribution is 0.122. The highest BCUT2D eigenvalue weighted by Gasteiger charge is 2.21. The number of nitrogens with zero attached hydrogens (tertiary/aromatic N) is 6. The number of aryl methyl sites for hydroxylation is 1. The lowest BCUT2D eigenvalue weighted by atomic mass is 9.97. The minimum Gasteiger partial charge on any atom is -0.378 e. The third-order valence-corrected chi connectivity index (χ3v) is 5.37. The summed E-state index contributed by atoms with van der Waals surface area (Å²) in [5.74, 6) is 2.61. The number of hydrogen-bond acceptors (Lipinski definition) is 6. The summed E-state index contributed by atoms with van der Waals surface area (Å²) in [6, 6.07) is 0. The van der Waals surface area contributed by atoms with Gasteiger partial charge in [-0.3, -0.25) is 4.90 Å². The number of aromatic nitrogens is 4. The molecule has 0 radical (unpaired) electrons. The van der Waals surface area contributed by atoms with Crippen molar-refractivity contribution in [1.29, 1.82) is 0 Å². The van der Waals surface area contributed by atoms with Crippen molar-refractivity contribution in [3.8, 4) is 0 Å². The van der Waals surface area contributed by atoms with Crippen molar-refractivity contribution in [2.75, 3.05) is 44.3 Å². The SMILES string of the molecule is Cc1nccn1C[C@@H]1CCCN(Cc2cnc(N3CCOCC3)nc2)C1. The van der Waals surface area contributed by atoms with Crippen molar-refractivity contribution in [1.82, 2.24) is 24.4 Å². The van der Waals surface area contributed by atoms with Gasteiger partial charge in [0.05, 0.1) is 13.2 Å². The molecule has 2 aromatic rings. The number of ether oxygens (including phenoxy) is 1. The summed E-state index contributed by atoms with van der Waals surface area (Å²) in [7, 11) is 0. The fourth-order valence-electron chi connectivity index (χ4n) is 3.93. The van der Waals surface area contributed by atoms with Gasteiger partial charge in [0, 0.05) is 63.1 Å². The summed E-state index contributed by atoms with van der Waals surface area (Å²) in [5, 5.41) is 0. The molecule has 0 aromatic carbocycles. The summed E-state index contributed by atoms with van der Waals surface area (Å²) < 4.78 is 7.66. The minimum atomic E-state index is 0.685. The standard InChI is InChI=1S/C19H28N6O/c1-16-20-4-6-25(16)15-17-3-2-5-23(13-17)14-18-11-21-19(22-12-18)24-7-9-26-10-8-24/h4,6,11-12,17H,2-3,5,7-10,13-15H2,1H3/t17-/m1/s1. The molecule has 2 aliphatic rings. The average Bonchev–Trinajstić information content (AvgIpc) is 3.08. The molecule has 0 unspecified atom stereocenters. The molecule has 2 fully saturated rings. The second-order valence-electron chi connectivity index (χ2n) is 7.36. The Morgan fingerprint density at radius 1 is 1.12 bits per heavy atom. The van der Waals surface area contributed by atoms with Crippen LogP contribution < -0.4 is 4.90 Å². The minimum absolute atomic E-state index is 0.685. The maximum absolute atomic E-state index is 5.39. The van der Waals surface area contributed by atoms with Crippen molar-refractivity contribution in [2.45, 2.75) is 32.9 Å². The Balaban J connectivity index is 1.32. The van der Waals surface area contributed by atoms with E-state index in [4.69, 9.17) is 4.74 Å². The highest BCUT2D eigenvalue weighted by atomic mass is 16.5. The Hall–Kier alpha value is -1.99. The monoisotopic (exact) mass is 356 g/mol. The summed E-state index contributed by atoms with van der Waals surface area (Å²) in [5.41, 5.74) is 1.20. The van der Waals surface area contributed by atoms with Crippen LogP contribution in [0, 0.1) is 12.8 Å². The van der Waals surface area contributed by atoms with E-state index in [1.54, 1.807) is 0 Å². The van der Waals surface area contributed by atoms with Crippen LogP contribution in [-0.2, 0) is 17.8 Å². The third-order valence-electron chi connectivity index (χ3n) is 5.37. The number of likely N-dealkylation sites (tertiary alicyclic amines) is 1. The van der Waals surface area contributed by atoms with Gasteiger partial charge in [-0.1, -0.05) is 0 Å². The first-order chi connectivity index (χ1) is 12.8. The lowest BCUT2D eigenvalue weighted by Crippen LogP contribution is -2.38. The first-order valence-corrected chi connectivity index (χ1v) is 9.61.